The van der Waals surface area contributed by atoms with Gasteiger partial charge in [0.15, 0.2) is 0 Å². The molecule has 0 radical (unpaired) electrons. The van der Waals surface area contributed by atoms with E-state index in [1.54, 1.807) is 6.92 Å². The molecule has 0 aliphatic rings. The molecule has 0 saturated heterocycles. The number of nitrogens with one attached hydrogen (secondary N) is 1. The molecule has 1 aromatic carbocycles. The van der Waals surface area contributed by atoms with Crippen molar-refractivity contribution >= 4 is 26.5 Å². The Morgan fingerprint density at radius 1 is 1.42 bits per heavy atom. The van der Waals surface area contributed by atoms with Gasteiger partial charge in [0, 0.05) is 6.54 Å². The summed E-state index contributed by atoms with van der Waals surface area (Å²) in [7, 11) is -4.04. The largest absolute Gasteiger partial charge is 0.326 e. The summed E-state index contributed by atoms with van der Waals surface area (Å²) in [6.45, 7) is 1.81. The molecule has 0 atom stereocenters. The predicted molar refractivity (Wildman–Crippen MR) is 69.7 cm³/mol. The Bertz CT molecular complexity index is 699. The highest BCUT2D eigenvalue weighted by molar-refractivity contribution is 7.93. The van der Waals surface area contributed by atoms with Gasteiger partial charge in [0.2, 0.25) is 5.13 Å². The molecule has 3 N–H and O–H groups in total. The second-order valence-electron chi connectivity index (χ2n) is 3.70. The summed E-state index contributed by atoms with van der Waals surface area (Å²) < 4.78 is 39.9. The van der Waals surface area contributed by atoms with Gasteiger partial charge in [-0.05, 0) is 24.6 Å². The van der Waals surface area contributed by atoms with Gasteiger partial charge in [0.05, 0.1) is 0 Å². The van der Waals surface area contributed by atoms with Crippen LogP contribution in [0, 0.1) is 12.7 Å². The average Bonchev–Trinajstić information content (AvgIpc) is 2.74. The van der Waals surface area contributed by atoms with Crippen LogP contribution in [0.1, 0.15) is 10.6 Å². The van der Waals surface area contributed by atoms with E-state index in [2.05, 4.69) is 14.9 Å². The van der Waals surface area contributed by atoms with Crippen LogP contribution in [0.5, 0.6) is 0 Å². The normalized spacial score (nSPS) is 11.5. The molecule has 0 bridgehead atoms. The van der Waals surface area contributed by atoms with Gasteiger partial charge in [0.25, 0.3) is 10.0 Å². The van der Waals surface area contributed by atoms with Gasteiger partial charge in [-0.2, -0.15) is 0 Å². The molecule has 19 heavy (non-hydrogen) atoms. The summed E-state index contributed by atoms with van der Waals surface area (Å²) in [5.41, 5.74) is 5.93. The summed E-state index contributed by atoms with van der Waals surface area (Å²) in [4.78, 5) is -0.455. The Hall–Kier alpha value is -1.58. The van der Waals surface area contributed by atoms with Gasteiger partial charge >= 0.3 is 0 Å². The number of aromatic nitrogens is 2. The lowest BCUT2D eigenvalue weighted by atomic mass is 10.2. The van der Waals surface area contributed by atoms with Gasteiger partial charge in [-0.15, -0.1) is 10.2 Å². The monoisotopic (exact) mass is 302 g/mol. The number of nitrogens with zero attached hydrogens (tertiary/aromatic N) is 2. The van der Waals surface area contributed by atoms with Gasteiger partial charge in [-0.3, -0.25) is 4.72 Å². The molecule has 0 aliphatic carbocycles. The molecule has 0 saturated carbocycles. The van der Waals surface area contributed by atoms with Crippen LogP contribution in [0.2, 0.25) is 0 Å². The maximum atomic E-state index is 13.6. The first-order chi connectivity index (χ1) is 8.92. The fourth-order valence-electron chi connectivity index (χ4n) is 1.39. The minimum absolute atomic E-state index is 0.0926. The summed E-state index contributed by atoms with van der Waals surface area (Å²) in [5, 5.41) is 8.01. The molecule has 0 unspecified atom stereocenters. The van der Waals surface area contributed by atoms with Crippen LogP contribution in [0.15, 0.2) is 23.1 Å². The first-order valence-electron chi connectivity index (χ1n) is 5.24. The molecule has 1 heterocycles. The third-order valence-electron chi connectivity index (χ3n) is 2.27. The highest BCUT2D eigenvalue weighted by Crippen LogP contribution is 2.22. The minimum atomic E-state index is -4.04. The van der Waals surface area contributed by atoms with Crippen molar-refractivity contribution in [3.8, 4) is 0 Å². The first kappa shape index (κ1) is 13.8. The van der Waals surface area contributed by atoms with E-state index < -0.39 is 20.7 Å². The van der Waals surface area contributed by atoms with Crippen LogP contribution in [0.4, 0.5) is 9.52 Å². The minimum Gasteiger partial charge on any atom is -0.326 e. The van der Waals surface area contributed by atoms with Crippen molar-refractivity contribution in [2.75, 3.05) is 4.72 Å². The van der Waals surface area contributed by atoms with E-state index in [-0.39, 0.29) is 11.7 Å². The van der Waals surface area contributed by atoms with Crippen molar-refractivity contribution in [3.63, 3.8) is 0 Å². The number of halogens is 1. The van der Waals surface area contributed by atoms with E-state index in [1.165, 1.54) is 12.1 Å². The molecule has 102 valence electrons. The molecule has 9 heteroatoms. The van der Waals surface area contributed by atoms with Gasteiger partial charge in [0.1, 0.15) is 15.7 Å². The summed E-state index contributed by atoms with van der Waals surface area (Å²) in [6.07, 6.45) is 0. The maximum absolute atomic E-state index is 13.6. The highest BCUT2D eigenvalue weighted by Gasteiger charge is 2.21. The molecule has 2 rings (SSSR count). The van der Waals surface area contributed by atoms with Crippen LogP contribution in [-0.2, 0) is 16.6 Å². The van der Waals surface area contributed by atoms with Crippen LogP contribution >= 0.6 is 11.3 Å². The standard InChI is InChI=1S/C10H11FN4O2S2/c1-6-13-14-10(18-6)15-19(16,17)9-4-7(5-12)2-3-8(9)11/h2-4H,5,12H2,1H3,(H,14,15). The summed E-state index contributed by atoms with van der Waals surface area (Å²) in [6, 6.07) is 3.71. The van der Waals surface area contributed by atoms with E-state index in [4.69, 9.17) is 5.73 Å². The highest BCUT2D eigenvalue weighted by atomic mass is 32.2. The summed E-state index contributed by atoms with van der Waals surface area (Å²) >= 11 is 1.07. The van der Waals surface area contributed by atoms with Crippen molar-refractivity contribution in [1.82, 2.24) is 10.2 Å². The molecular formula is C10H11FN4O2S2. The fraction of sp³-hybridized carbons (Fsp3) is 0.200. The van der Waals surface area contributed by atoms with Gasteiger partial charge in [-0.25, -0.2) is 12.8 Å². The van der Waals surface area contributed by atoms with E-state index in [0.717, 1.165) is 17.4 Å². The predicted octanol–water partition coefficient (Wildman–Crippen LogP) is 1.25. The van der Waals surface area contributed by atoms with Gasteiger partial charge in [-0.1, -0.05) is 17.4 Å². The maximum Gasteiger partial charge on any atom is 0.266 e. The van der Waals surface area contributed by atoms with Crippen molar-refractivity contribution < 1.29 is 12.8 Å². The topological polar surface area (TPSA) is 98.0 Å². The average molecular weight is 302 g/mol. The third kappa shape index (κ3) is 3.06. The number of anilines is 1. The Labute approximate surface area is 113 Å². The number of hydrogen-bond acceptors (Lipinski definition) is 6. The lowest BCUT2D eigenvalue weighted by Crippen LogP contribution is -2.15. The lowest BCUT2D eigenvalue weighted by Gasteiger charge is -2.07. The summed E-state index contributed by atoms with van der Waals surface area (Å²) in [5.74, 6) is -0.842. The zero-order valence-corrected chi connectivity index (χ0v) is 11.6. The molecule has 0 fully saturated rings. The zero-order chi connectivity index (χ0) is 14.0. The smallest absolute Gasteiger partial charge is 0.266 e. The van der Waals surface area contributed by atoms with Crippen molar-refractivity contribution in [3.05, 3.63) is 34.6 Å². The Morgan fingerprint density at radius 3 is 2.74 bits per heavy atom. The molecule has 6 nitrogen and oxygen atoms in total. The SMILES string of the molecule is Cc1nnc(NS(=O)(=O)c2cc(CN)ccc2F)s1. The first-order valence-corrected chi connectivity index (χ1v) is 7.54. The van der Waals surface area contributed by atoms with Crippen molar-refractivity contribution in [1.29, 1.82) is 0 Å². The number of sulfonamides is 1. The van der Waals surface area contributed by atoms with E-state index in [1.807, 2.05) is 0 Å². The third-order valence-corrected chi connectivity index (χ3v) is 4.51. The number of benzene rings is 1. The number of hydrogen-bond donors (Lipinski definition) is 2. The van der Waals surface area contributed by atoms with Gasteiger partial charge < -0.3 is 5.73 Å². The molecule has 2 aromatic rings. The fourth-order valence-corrected chi connectivity index (χ4v) is 3.34. The van der Waals surface area contributed by atoms with Crippen LogP contribution in [0.25, 0.3) is 0 Å². The van der Waals surface area contributed by atoms with Crippen LogP contribution < -0.4 is 10.5 Å². The Morgan fingerprint density at radius 2 is 2.16 bits per heavy atom. The van der Waals surface area contributed by atoms with Crippen LogP contribution in [0.3, 0.4) is 0 Å². The number of nitrogens with two attached hydrogens (primary N) is 1. The van der Waals surface area contributed by atoms with E-state index >= 15 is 0 Å². The molecule has 0 spiro atoms. The number of aryl methyl sites for hydroxylation is 1. The molecule has 1 aromatic heterocycles. The van der Waals surface area contributed by atoms with E-state index in [9.17, 15) is 12.8 Å². The number of rotatable bonds is 4. The second kappa shape index (κ2) is 5.19. The van der Waals surface area contributed by atoms with Crippen LogP contribution in [-0.4, -0.2) is 18.6 Å². The second-order valence-corrected chi connectivity index (χ2v) is 6.53. The molecule has 0 amide bonds. The molecular weight excluding hydrogens is 291 g/mol. The quantitative estimate of drug-likeness (QED) is 0.885. The Balaban J connectivity index is 2.39. The van der Waals surface area contributed by atoms with Crippen molar-refractivity contribution in [2.24, 2.45) is 5.73 Å². The van der Waals surface area contributed by atoms with Crippen molar-refractivity contribution in [2.45, 2.75) is 18.4 Å². The molecule has 0 aliphatic heterocycles. The Kier molecular flexibility index (Phi) is 3.78. The lowest BCUT2D eigenvalue weighted by molar-refractivity contribution is 0.569. The zero-order valence-electron chi connectivity index (χ0n) is 9.92. The van der Waals surface area contributed by atoms with E-state index in [0.29, 0.717) is 10.6 Å².